The van der Waals surface area contributed by atoms with Crippen molar-refractivity contribution in [3.8, 4) is 0 Å². The fraction of sp³-hybridized carbons (Fsp3) is 0.333. The first-order chi connectivity index (χ1) is 12.0. The Morgan fingerprint density at radius 2 is 1.80 bits per heavy atom. The third-order valence-corrected chi connectivity index (χ3v) is 5.27. The number of fused-ring (bicyclic) bond motifs is 1. The van der Waals surface area contributed by atoms with E-state index in [1.54, 1.807) is 0 Å². The second-order valence-corrected chi connectivity index (χ2v) is 7.06. The van der Waals surface area contributed by atoms with Gasteiger partial charge < -0.3 is 15.0 Å². The van der Waals surface area contributed by atoms with E-state index in [1.807, 2.05) is 30.3 Å². The zero-order valence-corrected chi connectivity index (χ0v) is 15.7. The molecule has 0 unspecified atom stereocenters. The minimum absolute atomic E-state index is 0.198. The van der Waals surface area contributed by atoms with Gasteiger partial charge in [-0.2, -0.15) is 0 Å². The van der Waals surface area contributed by atoms with E-state index in [-0.39, 0.29) is 6.04 Å². The van der Waals surface area contributed by atoms with Gasteiger partial charge in [-0.25, -0.2) is 0 Å². The number of para-hydroxylation sites is 1. The Balaban J connectivity index is 1.72. The van der Waals surface area contributed by atoms with Crippen molar-refractivity contribution in [2.75, 3.05) is 6.54 Å². The van der Waals surface area contributed by atoms with Crippen molar-refractivity contribution in [3.63, 3.8) is 0 Å². The third kappa shape index (κ3) is 3.74. The van der Waals surface area contributed by atoms with Crippen molar-refractivity contribution in [2.24, 2.45) is 0 Å². The van der Waals surface area contributed by atoms with Crippen LogP contribution >= 0.6 is 11.6 Å². The molecule has 0 radical (unpaired) electrons. The number of nitrogens with zero attached hydrogens (tertiary/aromatic N) is 1. The topological polar surface area (TPSA) is 37.2 Å². The lowest BCUT2D eigenvalue weighted by Crippen LogP contribution is -2.32. The zero-order valence-electron chi connectivity index (χ0n) is 15.0. The Morgan fingerprint density at radius 3 is 2.52 bits per heavy atom. The molecule has 3 nitrogen and oxygen atoms in total. The van der Waals surface area contributed by atoms with Crippen LogP contribution in [0.15, 0.2) is 48.5 Å². The van der Waals surface area contributed by atoms with Crippen LogP contribution in [0.3, 0.4) is 0 Å². The SMILES string of the molecule is Cc1c(C)n(C[C@@H](O)CN[C@@H](C)c2ccccc2)c2c(Cl)cccc12. The summed E-state index contributed by atoms with van der Waals surface area (Å²) in [7, 11) is 0. The molecule has 0 aliphatic heterocycles. The molecule has 3 aromatic rings. The first-order valence-electron chi connectivity index (χ1n) is 8.69. The van der Waals surface area contributed by atoms with E-state index in [2.05, 4.69) is 48.9 Å². The maximum Gasteiger partial charge on any atom is 0.0843 e. The Bertz CT molecular complexity index is 857. The van der Waals surface area contributed by atoms with Gasteiger partial charge in [0.05, 0.1) is 23.2 Å². The molecule has 0 aliphatic rings. The van der Waals surface area contributed by atoms with Crippen LogP contribution < -0.4 is 5.32 Å². The lowest BCUT2D eigenvalue weighted by atomic mass is 10.1. The summed E-state index contributed by atoms with van der Waals surface area (Å²) in [4.78, 5) is 0. The quantitative estimate of drug-likeness (QED) is 0.676. The predicted octanol–water partition coefficient (Wildman–Crippen LogP) is 4.62. The van der Waals surface area contributed by atoms with Crippen LogP contribution in [0, 0.1) is 13.8 Å². The molecule has 0 saturated carbocycles. The van der Waals surface area contributed by atoms with Crippen LogP contribution in [0.5, 0.6) is 0 Å². The number of hydrogen-bond acceptors (Lipinski definition) is 2. The number of aliphatic hydroxyl groups excluding tert-OH is 1. The van der Waals surface area contributed by atoms with Gasteiger partial charge in [0.25, 0.3) is 0 Å². The Kier molecular flexibility index (Phi) is 5.48. The largest absolute Gasteiger partial charge is 0.390 e. The number of halogens is 1. The lowest BCUT2D eigenvalue weighted by molar-refractivity contribution is 0.149. The summed E-state index contributed by atoms with van der Waals surface area (Å²) >= 11 is 6.42. The molecule has 2 aromatic carbocycles. The number of aliphatic hydroxyl groups is 1. The van der Waals surface area contributed by atoms with E-state index in [9.17, 15) is 5.11 Å². The number of nitrogens with one attached hydrogen (secondary N) is 1. The van der Waals surface area contributed by atoms with E-state index < -0.39 is 6.10 Å². The fourth-order valence-corrected chi connectivity index (χ4v) is 3.61. The predicted molar refractivity (Wildman–Crippen MR) is 105 cm³/mol. The average Bonchev–Trinajstić information content (AvgIpc) is 2.86. The van der Waals surface area contributed by atoms with Crippen LogP contribution in [-0.2, 0) is 6.54 Å². The number of aromatic nitrogens is 1. The Morgan fingerprint density at radius 1 is 1.08 bits per heavy atom. The highest BCUT2D eigenvalue weighted by molar-refractivity contribution is 6.35. The van der Waals surface area contributed by atoms with Crippen LogP contribution in [0.2, 0.25) is 5.02 Å². The van der Waals surface area contributed by atoms with Crippen molar-refractivity contribution in [2.45, 2.75) is 39.5 Å². The molecule has 2 N–H and O–H groups in total. The van der Waals surface area contributed by atoms with Gasteiger partial charge in [0.15, 0.2) is 0 Å². The van der Waals surface area contributed by atoms with Gasteiger partial charge in [0.2, 0.25) is 0 Å². The molecule has 0 fully saturated rings. The van der Waals surface area contributed by atoms with Crippen LogP contribution in [0.25, 0.3) is 10.9 Å². The molecule has 2 atom stereocenters. The van der Waals surface area contributed by atoms with Gasteiger partial charge in [0, 0.05) is 23.7 Å². The highest BCUT2D eigenvalue weighted by Crippen LogP contribution is 2.30. The summed E-state index contributed by atoms with van der Waals surface area (Å²) in [5.74, 6) is 0. The molecule has 1 aromatic heterocycles. The van der Waals surface area contributed by atoms with Crippen molar-refractivity contribution >= 4 is 22.5 Å². The Labute approximate surface area is 154 Å². The lowest BCUT2D eigenvalue weighted by Gasteiger charge is -2.19. The van der Waals surface area contributed by atoms with Gasteiger partial charge in [-0.3, -0.25) is 0 Å². The van der Waals surface area contributed by atoms with Gasteiger partial charge in [0.1, 0.15) is 0 Å². The van der Waals surface area contributed by atoms with E-state index in [0.29, 0.717) is 13.1 Å². The van der Waals surface area contributed by atoms with Crippen LogP contribution in [-0.4, -0.2) is 22.3 Å². The van der Waals surface area contributed by atoms with Gasteiger partial charge in [-0.05, 0) is 38.0 Å². The number of hydrogen-bond donors (Lipinski definition) is 2. The minimum atomic E-state index is -0.490. The highest BCUT2D eigenvalue weighted by atomic mass is 35.5. The molecule has 3 rings (SSSR count). The number of aryl methyl sites for hydroxylation is 1. The first kappa shape index (κ1) is 18.0. The maximum absolute atomic E-state index is 10.6. The summed E-state index contributed by atoms with van der Waals surface area (Å²) < 4.78 is 2.13. The fourth-order valence-electron chi connectivity index (χ4n) is 3.33. The summed E-state index contributed by atoms with van der Waals surface area (Å²) in [6.07, 6.45) is -0.490. The first-order valence-corrected chi connectivity index (χ1v) is 9.07. The van der Waals surface area contributed by atoms with E-state index >= 15 is 0 Å². The standard InChI is InChI=1S/C21H25ClN2O/c1-14-16(3)24(21-19(14)10-7-11-20(21)22)13-18(25)12-23-15(2)17-8-5-4-6-9-17/h4-11,15,18,23,25H,12-13H2,1-3H3/t15-,18-/m0/s1. The molecule has 0 spiro atoms. The summed E-state index contributed by atoms with van der Waals surface area (Å²) in [6, 6.07) is 16.4. The summed E-state index contributed by atoms with van der Waals surface area (Å²) in [5.41, 5.74) is 4.60. The molecular formula is C21H25ClN2O. The molecule has 132 valence electrons. The van der Waals surface area contributed by atoms with Crippen molar-refractivity contribution in [1.29, 1.82) is 0 Å². The van der Waals surface area contributed by atoms with E-state index in [4.69, 9.17) is 11.6 Å². The zero-order chi connectivity index (χ0) is 18.0. The van der Waals surface area contributed by atoms with Crippen molar-refractivity contribution < 1.29 is 5.11 Å². The van der Waals surface area contributed by atoms with Gasteiger partial charge in [-0.1, -0.05) is 54.1 Å². The van der Waals surface area contributed by atoms with Crippen LogP contribution in [0.1, 0.15) is 29.8 Å². The number of benzene rings is 2. The minimum Gasteiger partial charge on any atom is -0.390 e. The average molecular weight is 357 g/mol. The summed E-state index contributed by atoms with van der Waals surface area (Å²) in [6.45, 7) is 7.34. The van der Waals surface area contributed by atoms with Crippen LogP contribution in [0.4, 0.5) is 0 Å². The van der Waals surface area contributed by atoms with Gasteiger partial charge >= 0.3 is 0 Å². The molecule has 1 heterocycles. The monoisotopic (exact) mass is 356 g/mol. The smallest absolute Gasteiger partial charge is 0.0843 e. The molecule has 4 heteroatoms. The second-order valence-electron chi connectivity index (χ2n) is 6.65. The Hall–Kier alpha value is -1.81. The van der Waals surface area contributed by atoms with E-state index in [1.165, 1.54) is 11.1 Å². The molecular weight excluding hydrogens is 332 g/mol. The second kappa shape index (κ2) is 7.61. The van der Waals surface area contributed by atoms with E-state index in [0.717, 1.165) is 21.6 Å². The third-order valence-electron chi connectivity index (χ3n) is 4.96. The summed E-state index contributed by atoms with van der Waals surface area (Å²) in [5, 5.41) is 15.9. The van der Waals surface area contributed by atoms with Gasteiger partial charge in [-0.15, -0.1) is 0 Å². The molecule has 0 amide bonds. The van der Waals surface area contributed by atoms with Crippen molar-refractivity contribution in [3.05, 3.63) is 70.4 Å². The molecule has 0 saturated heterocycles. The molecule has 0 bridgehead atoms. The number of rotatable bonds is 6. The highest BCUT2D eigenvalue weighted by Gasteiger charge is 2.16. The van der Waals surface area contributed by atoms with Crippen molar-refractivity contribution in [1.82, 2.24) is 9.88 Å². The molecule has 25 heavy (non-hydrogen) atoms. The molecule has 0 aliphatic carbocycles. The maximum atomic E-state index is 10.6. The normalized spacial score (nSPS) is 14.0.